The zero-order chi connectivity index (χ0) is 17.4. The predicted octanol–water partition coefficient (Wildman–Crippen LogP) is 0.689. The molecule has 0 fully saturated rings. The summed E-state index contributed by atoms with van der Waals surface area (Å²) in [4.78, 5) is 34.1. The lowest BCUT2D eigenvalue weighted by Crippen LogP contribution is -2.48. The Balaban J connectivity index is 2.70. The lowest BCUT2D eigenvalue weighted by molar-refractivity contribution is -0.385. The van der Waals surface area contributed by atoms with E-state index in [0.717, 1.165) is 0 Å². The molecule has 0 spiro atoms. The van der Waals surface area contributed by atoms with E-state index < -0.39 is 23.0 Å². The molecule has 0 saturated heterocycles. The molecule has 0 saturated carbocycles. The van der Waals surface area contributed by atoms with Gasteiger partial charge < -0.3 is 15.7 Å². The normalized spacial score (nSPS) is 13.0. The first-order valence-electron chi connectivity index (χ1n) is 6.89. The lowest BCUT2D eigenvalue weighted by atomic mass is 10.3. The number of benzene rings is 1. The monoisotopic (exact) mass is 341 g/mol. The van der Waals surface area contributed by atoms with Crippen molar-refractivity contribution in [3.05, 3.63) is 34.4 Å². The second-order valence-electron chi connectivity index (χ2n) is 4.91. The van der Waals surface area contributed by atoms with Crippen LogP contribution in [-0.4, -0.2) is 46.3 Å². The van der Waals surface area contributed by atoms with Gasteiger partial charge in [-0.25, -0.2) is 0 Å². The minimum atomic E-state index is -0.796. The molecule has 0 aromatic heterocycles. The molecule has 23 heavy (non-hydrogen) atoms. The Kier molecular flexibility index (Phi) is 7.49. The van der Waals surface area contributed by atoms with E-state index in [9.17, 15) is 24.8 Å². The summed E-state index contributed by atoms with van der Waals surface area (Å²) < 4.78 is 0. The van der Waals surface area contributed by atoms with Gasteiger partial charge >= 0.3 is 0 Å². The Bertz CT molecular complexity index is 579. The van der Waals surface area contributed by atoms with Crippen LogP contribution in [0.15, 0.2) is 29.2 Å². The molecule has 9 heteroatoms. The van der Waals surface area contributed by atoms with Gasteiger partial charge in [-0.1, -0.05) is 6.07 Å². The summed E-state index contributed by atoms with van der Waals surface area (Å²) in [5.74, 6) is -0.562. The highest BCUT2D eigenvalue weighted by atomic mass is 32.2. The van der Waals surface area contributed by atoms with E-state index in [4.69, 9.17) is 0 Å². The lowest BCUT2D eigenvalue weighted by Gasteiger charge is -2.18. The van der Waals surface area contributed by atoms with Crippen LogP contribution in [0.2, 0.25) is 0 Å². The summed E-state index contributed by atoms with van der Waals surface area (Å²) in [6, 6.07) is 5.24. The summed E-state index contributed by atoms with van der Waals surface area (Å²) in [7, 11) is 0. The van der Waals surface area contributed by atoms with Gasteiger partial charge in [0.05, 0.1) is 11.0 Å². The molecule has 0 aliphatic carbocycles. The van der Waals surface area contributed by atoms with Crippen LogP contribution in [0.4, 0.5) is 5.69 Å². The maximum atomic E-state index is 12.0. The SMILES string of the molecule is CC(=O)NC(CSc1cccc([N+](=O)[O-])c1)C(=O)NCC(C)O. The topological polar surface area (TPSA) is 122 Å². The number of aliphatic hydroxyl groups excluding tert-OH is 1. The molecule has 1 aromatic rings. The second kappa shape index (κ2) is 9.11. The number of nitro benzene ring substituents is 1. The molecule has 0 bridgehead atoms. The van der Waals surface area contributed by atoms with Crippen LogP contribution in [0.3, 0.4) is 0 Å². The number of hydrogen-bond acceptors (Lipinski definition) is 6. The minimum absolute atomic E-state index is 0.0374. The fourth-order valence-electron chi connectivity index (χ4n) is 1.67. The number of carbonyl (C=O) groups excluding carboxylic acids is 2. The van der Waals surface area contributed by atoms with E-state index in [1.807, 2.05) is 0 Å². The first kappa shape index (κ1) is 18.9. The molecule has 0 radical (unpaired) electrons. The molecule has 0 aliphatic rings. The Morgan fingerprint density at radius 2 is 2.13 bits per heavy atom. The number of nitro groups is 1. The molecule has 2 amide bonds. The van der Waals surface area contributed by atoms with Gasteiger partial charge in [-0.15, -0.1) is 11.8 Å². The number of nitrogens with zero attached hydrogens (tertiary/aromatic N) is 1. The number of carbonyl (C=O) groups is 2. The smallest absolute Gasteiger partial charge is 0.270 e. The van der Waals surface area contributed by atoms with Crippen molar-refractivity contribution in [1.29, 1.82) is 0 Å². The van der Waals surface area contributed by atoms with Gasteiger partial charge in [0.2, 0.25) is 11.8 Å². The number of aliphatic hydroxyl groups is 1. The number of hydrogen-bond donors (Lipinski definition) is 3. The van der Waals surface area contributed by atoms with Crippen LogP contribution >= 0.6 is 11.8 Å². The van der Waals surface area contributed by atoms with E-state index in [0.29, 0.717) is 4.90 Å². The standard InChI is InChI=1S/C14H19N3O5S/c1-9(18)7-15-14(20)13(16-10(2)19)8-23-12-5-3-4-11(6-12)17(21)22/h3-6,9,13,18H,7-8H2,1-2H3,(H,15,20)(H,16,19). The summed E-state index contributed by atoms with van der Waals surface area (Å²) in [6.07, 6.45) is -0.693. The molecule has 2 atom stereocenters. The molecule has 1 rings (SSSR count). The van der Waals surface area contributed by atoms with Crippen LogP contribution < -0.4 is 10.6 Å². The third-order valence-corrected chi connectivity index (χ3v) is 3.80. The molecule has 1 aromatic carbocycles. The maximum Gasteiger partial charge on any atom is 0.270 e. The Hall–Kier alpha value is -2.13. The van der Waals surface area contributed by atoms with Gasteiger partial charge in [-0.05, 0) is 13.0 Å². The summed E-state index contributed by atoms with van der Waals surface area (Å²) in [6.45, 7) is 2.91. The van der Waals surface area contributed by atoms with Crippen molar-refractivity contribution >= 4 is 29.3 Å². The molecule has 8 nitrogen and oxygen atoms in total. The molecule has 0 aliphatic heterocycles. The fourth-order valence-corrected chi connectivity index (χ4v) is 2.64. The molecular formula is C14H19N3O5S. The highest BCUT2D eigenvalue weighted by molar-refractivity contribution is 7.99. The van der Waals surface area contributed by atoms with Crippen LogP contribution in [0.1, 0.15) is 13.8 Å². The van der Waals surface area contributed by atoms with Gasteiger partial charge in [0, 0.05) is 36.2 Å². The highest BCUT2D eigenvalue weighted by Gasteiger charge is 2.20. The number of amides is 2. The van der Waals surface area contributed by atoms with Gasteiger partial charge in [0.15, 0.2) is 0 Å². The van der Waals surface area contributed by atoms with E-state index in [1.165, 1.54) is 37.7 Å². The van der Waals surface area contributed by atoms with Crippen LogP contribution in [-0.2, 0) is 9.59 Å². The van der Waals surface area contributed by atoms with E-state index in [1.54, 1.807) is 12.1 Å². The van der Waals surface area contributed by atoms with Crippen molar-refractivity contribution in [3.8, 4) is 0 Å². The largest absolute Gasteiger partial charge is 0.392 e. The zero-order valence-electron chi connectivity index (χ0n) is 12.8. The third kappa shape index (κ3) is 7.11. The summed E-state index contributed by atoms with van der Waals surface area (Å²) in [5.41, 5.74) is -0.0374. The van der Waals surface area contributed by atoms with Crippen LogP contribution in [0.25, 0.3) is 0 Å². The fraction of sp³-hybridized carbons (Fsp3) is 0.429. The average molecular weight is 341 g/mol. The number of thioether (sulfide) groups is 1. The highest BCUT2D eigenvalue weighted by Crippen LogP contribution is 2.23. The quantitative estimate of drug-likeness (QED) is 0.363. The number of nitrogens with one attached hydrogen (secondary N) is 2. The summed E-state index contributed by atoms with van der Waals surface area (Å²) >= 11 is 1.22. The van der Waals surface area contributed by atoms with E-state index in [-0.39, 0.29) is 23.9 Å². The first-order chi connectivity index (χ1) is 10.8. The summed E-state index contributed by atoms with van der Waals surface area (Å²) in [5, 5.41) is 25.0. The minimum Gasteiger partial charge on any atom is -0.392 e. The molecule has 3 N–H and O–H groups in total. The van der Waals surface area contributed by atoms with Crippen molar-refractivity contribution in [2.45, 2.75) is 30.9 Å². The Labute approximate surface area is 137 Å². The third-order valence-electron chi connectivity index (χ3n) is 2.71. The average Bonchev–Trinajstić information content (AvgIpc) is 2.48. The van der Waals surface area contributed by atoms with Crippen molar-refractivity contribution in [2.24, 2.45) is 0 Å². The van der Waals surface area contributed by atoms with Gasteiger partial charge in [0.25, 0.3) is 5.69 Å². The zero-order valence-corrected chi connectivity index (χ0v) is 13.6. The van der Waals surface area contributed by atoms with E-state index in [2.05, 4.69) is 10.6 Å². The van der Waals surface area contributed by atoms with Gasteiger partial charge in [-0.2, -0.15) is 0 Å². The number of rotatable bonds is 8. The van der Waals surface area contributed by atoms with Crippen LogP contribution in [0.5, 0.6) is 0 Å². The first-order valence-corrected chi connectivity index (χ1v) is 7.88. The van der Waals surface area contributed by atoms with Crippen molar-refractivity contribution in [1.82, 2.24) is 10.6 Å². The van der Waals surface area contributed by atoms with Crippen molar-refractivity contribution < 1.29 is 19.6 Å². The Morgan fingerprint density at radius 3 is 2.70 bits per heavy atom. The second-order valence-corrected chi connectivity index (χ2v) is 6.01. The number of non-ortho nitro benzene ring substituents is 1. The molecular weight excluding hydrogens is 322 g/mol. The molecule has 126 valence electrons. The predicted molar refractivity (Wildman–Crippen MR) is 86.1 cm³/mol. The van der Waals surface area contributed by atoms with Crippen molar-refractivity contribution in [3.63, 3.8) is 0 Å². The van der Waals surface area contributed by atoms with Gasteiger partial charge in [-0.3, -0.25) is 19.7 Å². The van der Waals surface area contributed by atoms with Crippen LogP contribution in [0, 0.1) is 10.1 Å². The van der Waals surface area contributed by atoms with E-state index >= 15 is 0 Å². The van der Waals surface area contributed by atoms with Gasteiger partial charge in [0.1, 0.15) is 6.04 Å². The maximum absolute atomic E-state index is 12.0. The molecule has 0 heterocycles. The Morgan fingerprint density at radius 1 is 1.43 bits per heavy atom. The van der Waals surface area contributed by atoms with Crippen molar-refractivity contribution in [2.75, 3.05) is 12.3 Å². The molecule has 2 unspecified atom stereocenters.